The van der Waals surface area contributed by atoms with Crippen LogP contribution in [0.2, 0.25) is 0 Å². The molecular weight excluding hydrogens is 594 g/mol. The van der Waals surface area contributed by atoms with Crippen molar-refractivity contribution in [2.24, 2.45) is 5.92 Å². The monoisotopic (exact) mass is 655 g/mol. The van der Waals surface area contributed by atoms with Crippen molar-refractivity contribution in [1.82, 2.24) is 5.32 Å². The van der Waals surface area contributed by atoms with Crippen molar-refractivity contribution >= 4 is 35.0 Å². The molecule has 1 amide bonds. The fourth-order valence-corrected chi connectivity index (χ4v) is 4.89. The number of ketones is 4. The van der Waals surface area contributed by atoms with Gasteiger partial charge in [-0.1, -0.05) is 64.2 Å². The number of unbranched alkanes of at least 4 members (excludes halogenated alkanes) is 11. The van der Waals surface area contributed by atoms with E-state index in [1.54, 1.807) is 0 Å². The van der Waals surface area contributed by atoms with Crippen LogP contribution < -0.4 is 5.32 Å². The van der Waals surface area contributed by atoms with Gasteiger partial charge >= 0.3 is 5.97 Å². The van der Waals surface area contributed by atoms with Crippen molar-refractivity contribution < 1.29 is 48.1 Å². The number of Topliss-reactive ketones (excluding diaryl/α,β-unsaturated/α-hetero) is 4. The van der Waals surface area contributed by atoms with Crippen LogP contribution in [-0.4, -0.2) is 86.3 Å². The van der Waals surface area contributed by atoms with Crippen molar-refractivity contribution in [3.05, 3.63) is 0 Å². The van der Waals surface area contributed by atoms with E-state index in [0.717, 1.165) is 38.5 Å². The van der Waals surface area contributed by atoms with Gasteiger partial charge in [-0.15, -0.1) is 0 Å². The molecule has 11 heteroatoms. The fraction of sp³-hybridized carbons (Fsp3) is 0.829. The molecule has 266 valence electrons. The normalized spacial score (nSPS) is 11.7. The van der Waals surface area contributed by atoms with E-state index in [1.807, 2.05) is 0 Å². The lowest BCUT2D eigenvalue weighted by Crippen LogP contribution is -2.27. The lowest BCUT2D eigenvalue weighted by atomic mass is 9.93. The molecule has 2 N–H and O–H groups in total. The van der Waals surface area contributed by atoms with Crippen LogP contribution in [0.4, 0.5) is 0 Å². The van der Waals surface area contributed by atoms with Crippen LogP contribution in [0.25, 0.3) is 0 Å². The van der Waals surface area contributed by atoms with E-state index in [4.69, 9.17) is 19.3 Å². The summed E-state index contributed by atoms with van der Waals surface area (Å²) in [4.78, 5) is 69.2. The van der Waals surface area contributed by atoms with Crippen molar-refractivity contribution in [3.63, 3.8) is 0 Å². The van der Waals surface area contributed by atoms with Crippen LogP contribution in [0, 0.1) is 5.92 Å². The maximum absolute atomic E-state index is 12.0. The lowest BCUT2D eigenvalue weighted by Gasteiger charge is -2.12. The smallest absolute Gasteiger partial charge is 0.303 e. The van der Waals surface area contributed by atoms with E-state index in [0.29, 0.717) is 52.2 Å². The van der Waals surface area contributed by atoms with E-state index >= 15 is 0 Å². The third kappa shape index (κ3) is 31.5. The van der Waals surface area contributed by atoms with E-state index in [9.17, 15) is 28.8 Å². The molecule has 0 aromatic carbocycles. The van der Waals surface area contributed by atoms with Crippen molar-refractivity contribution in [3.8, 4) is 0 Å². The van der Waals surface area contributed by atoms with E-state index < -0.39 is 11.9 Å². The molecule has 0 aliphatic carbocycles. The third-order valence-electron chi connectivity index (χ3n) is 7.65. The molecule has 0 spiro atoms. The number of hydrogen-bond donors (Lipinski definition) is 2. The average molecular weight is 656 g/mol. The van der Waals surface area contributed by atoms with Gasteiger partial charge in [0.15, 0.2) is 11.6 Å². The van der Waals surface area contributed by atoms with Gasteiger partial charge in [-0.05, 0) is 39.5 Å². The Bertz CT molecular complexity index is 860. The molecule has 0 heterocycles. The van der Waals surface area contributed by atoms with Gasteiger partial charge in [0.1, 0.15) is 24.8 Å². The molecular formula is C35H61NO10. The van der Waals surface area contributed by atoms with Crippen LogP contribution in [0.15, 0.2) is 0 Å². The summed E-state index contributed by atoms with van der Waals surface area (Å²) in [5, 5.41) is 11.5. The number of nitrogens with one attached hydrogen (secondary N) is 1. The van der Waals surface area contributed by atoms with Gasteiger partial charge in [-0.2, -0.15) is 0 Å². The summed E-state index contributed by atoms with van der Waals surface area (Å²) >= 11 is 0. The Kier molecular flexibility index (Phi) is 29.4. The Morgan fingerprint density at radius 1 is 0.565 bits per heavy atom. The number of carboxylic acid groups (broad SMARTS) is 1. The van der Waals surface area contributed by atoms with Gasteiger partial charge in [-0.3, -0.25) is 24.0 Å². The first-order valence-electron chi connectivity index (χ1n) is 17.4. The molecule has 0 saturated carbocycles. The molecule has 0 aliphatic rings. The second-order valence-electron chi connectivity index (χ2n) is 12.1. The number of ether oxygens (including phenoxy) is 3. The fourth-order valence-electron chi connectivity index (χ4n) is 4.89. The summed E-state index contributed by atoms with van der Waals surface area (Å²) in [6.07, 6.45) is 15.7. The molecule has 0 bridgehead atoms. The molecule has 0 saturated heterocycles. The first-order valence-corrected chi connectivity index (χ1v) is 17.4. The van der Waals surface area contributed by atoms with Crippen LogP contribution in [-0.2, 0) is 43.0 Å². The lowest BCUT2D eigenvalue weighted by molar-refractivity contribution is -0.137. The number of carbonyl (C=O) groups excluding carboxylic acids is 5. The number of carbonyl (C=O) groups is 6. The van der Waals surface area contributed by atoms with E-state index in [2.05, 4.69) is 5.32 Å². The van der Waals surface area contributed by atoms with Crippen LogP contribution in [0.3, 0.4) is 0 Å². The van der Waals surface area contributed by atoms with Gasteiger partial charge in [-0.25, -0.2) is 0 Å². The maximum Gasteiger partial charge on any atom is 0.303 e. The zero-order valence-corrected chi connectivity index (χ0v) is 28.6. The molecule has 0 rings (SSSR count). The maximum atomic E-state index is 12.0. The van der Waals surface area contributed by atoms with Gasteiger partial charge < -0.3 is 29.4 Å². The largest absolute Gasteiger partial charge is 0.481 e. The molecule has 0 fully saturated rings. The van der Waals surface area contributed by atoms with E-state index in [1.165, 1.54) is 52.4 Å². The number of rotatable bonds is 35. The highest BCUT2D eigenvalue weighted by Gasteiger charge is 2.19. The molecule has 0 radical (unpaired) electrons. The average Bonchev–Trinajstić information content (AvgIpc) is 2.99. The number of carboxylic acids is 1. The number of amides is 1. The van der Waals surface area contributed by atoms with Crippen LogP contribution >= 0.6 is 0 Å². The Morgan fingerprint density at radius 3 is 1.63 bits per heavy atom. The highest BCUT2D eigenvalue weighted by molar-refractivity contribution is 5.88. The standard InChI is InChI=1S/C35H61NO10/c1-29(37)19-20-31(30(2)38)26-33(40)28-46-27-32(39)16-15-22-44-24-25-45-23-21-36-34(41)17-13-11-9-7-5-3-4-6-8-10-12-14-18-35(42)43/h31H,3-28H2,1-2H3,(H,36,41)(H,42,43)/t31-/m1/s1. The topological polar surface area (TPSA) is 162 Å². The Morgan fingerprint density at radius 2 is 1.09 bits per heavy atom. The zero-order valence-electron chi connectivity index (χ0n) is 28.6. The first-order chi connectivity index (χ1) is 22.1. The molecule has 0 unspecified atom stereocenters. The minimum absolute atomic E-state index is 0.0175. The molecule has 46 heavy (non-hydrogen) atoms. The van der Waals surface area contributed by atoms with Crippen molar-refractivity contribution in [1.29, 1.82) is 0 Å². The summed E-state index contributed by atoms with van der Waals surface area (Å²) in [6.45, 7) is 4.53. The van der Waals surface area contributed by atoms with Gasteiger partial charge in [0.2, 0.25) is 5.91 Å². The number of aliphatic carboxylic acids is 1. The molecule has 0 aromatic heterocycles. The Hall–Kier alpha value is -2.50. The molecule has 0 aliphatic heterocycles. The summed E-state index contributed by atoms with van der Waals surface area (Å²) < 4.78 is 16.1. The molecule has 0 aromatic rings. The predicted molar refractivity (Wildman–Crippen MR) is 176 cm³/mol. The summed E-state index contributed by atoms with van der Waals surface area (Å²) in [6, 6.07) is 0. The summed E-state index contributed by atoms with van der Waals surface area (Å²) in [7, 11) is 0. The van der Waals surface area contributed by atoms with E-state index in [-0.39, 0.29) is 67.9 Å². The Labute approximate surface area is 276 Å². The van der Waals surface area contributed by atoms with Crippen LogP contribution in [0.5, 0.6) is 0 Å². The van der Waals surface area contributed by atoms with Crippen LogP contribution in [0.1, 0.15) is 136 Å². The zero-order chi connectivity index (χ0) is 34.3. The van der Waals surface area contributed by atoms with Gasteiger partial charge in [0, 0.05) is 51.2 Å². The quantitative estimate of drug-likeness (QED) is 0.0824. The van der Waals surface area contributed by atoms with Crippen molar-refractivity contribution in [2.75, 3.05) is 46.2 Å². The Balaban J connectivity index is 3.46. The summed E-state index contributed by atoms with van der Waals surface area (Å²) in [5.74, 6) is -1.69. The molecule has 1 atom stereocenters. The van der Waals surface area contributed by atoms with Gasteiger partial charge in [0.05, 0.1) is 19.8 Å². The second-order valence-corrected chi connectivity index (χ2v) is 12.1. The SMILES string of the molecule is CC(=O)CC[C@H](CC(=O)COCC(=O)CCCOCCOCCNC(=O)CCCCCCCCCCCCCCC(=O)O)C(C)=O. The minimum Gasteiger partial charge on any atom is -0.481 e. The highest BCUT2D eigenvalue weighted by atomic mass is 16.5. The number of hydrogen-bond acceptors (Lipinski definition) is 9. The minimum atomic E-state index is -0.702. The summed E-state index contributed by atoms with van der Waals surface area (Å²) in [5.41, 5.74) is 0. The second kappa shape index (κ2) is 31.1. The molecule has 11 nitrogen and oxygen atoms in total. The predicted octanol–water partition coefficient (Wildman–Crippen LogP) is 5.58. The van der Waals surface area contributed by atoms with Crippen molar-refractivity contribution in [2.45, 2.75) is 136 Å². The van der Waals surface area contributed by atoms with Gasteiger partial charge in [0.25, 0.3) is 0 Å². The highest BCUT2D eigenvalue weighted by Crippen LogP contribution is 2.14. The first kappa shape index (κ1) is 43.5. The third-order valence-corrected chi connectivity index (χ3v) is 7.65.